The summed E-state index contributed by atoms with van der Waals surface area (Å²) in [6.45, 7) is 2.88. The number of aliphatic carboxylic acids is 1. The molecule has 7 heteroatoms. The summed E-state index contributed by atoms with van der Waals surface area (Å²) in [5, 5.41) is 9.15. The van der Waals surface area contributed by atoms with Crippen molar-refractivity contribution < 1.29 is 24.2 Å². The Morgan fingerprint density at radius 1 is 1.53 bits per heavy atom. The van der Waals surface area contributed by atoms with Crippen LogP contribution in [0.25, 0.3) is 0 Å². The van der Waals surface area contributed by atoms with Gasteiger partial charge in [-0.15, -0.1) is 0 Å². The normalized spacial score (nSPS) is 24.2. The second-order valence-electron chi connectivity index (χ2n) is 4.64. The fraction of sp³-hybridized carbons (Fsp3) is 0.833. The first kappa shape index (κ1) is 15.9. The maximum Gasteiger partial charge on any atom is 0.311 e. The van der Waals surface area contributed by atoms with Crippen molar-refractivity contribution in [3.8, 4) is 0 Å². The minimum absolute atomic E-state index is 0.115. The fourth-order valence-corrected chi connectivity index (χ4v) is 2.23. The van der Waals surface area contributed by atoms with E-state index >= 15 is 0 Å². The zero-order valence-electron chi connectivity index (χ0n) is 11.4. The predicted molar refractivity (Wildman–Crippen MR) is 67.6 cm³/mol. The molecule has 3 N–H and O–H groups in total. The van der Waals surface area contributed by atoms with Gasteiger partial charge in [-0.3, -0.25) is 9.59 Å². The average Bonchev–Trinajstić information content (AvgIpc) is 2.84. The van der Waals surface area contributed by atoms with Gasteiger partial charge in [-0.1, -0.05) is 6.92 Å². The number of hydrogen-bond donors (Lipinski definition) is 2. The molecule has 19 heavy (non-hydrogen) atoms. The molecule has 0 aromatic carbocycles. The van der Waals surface area contributed by atoms with Crippen molar-refractivity contribution in [3.05, 3.63) is 0 Å². The number of amides is 1. The number of carbonyl (C=O) groups is 2. The van der Waals surface area contributed by atoms with Crippen LogP contribution in [0.5, 0.6) is 0 Å². The SMILES string of the molecule is CCCN(C(=O)C(N)COC)C1COCC1C(=O)O. The fourth-order valence-electron chi connectivity index (χ4n) is 2.23. The maximum atomic E-state index is 12.3. The Morgan fingerprint density at radius 2 is 2.21 bits per heavy atom. The number of ether oxygens (including phenoxy) is 2. The number of nitrogens with two attached hydrogens (primary N) is 1. The largest absolute Gasteiger partial charge is 0.481 e. The minimum atomic E-state index is -0.947. The zero-order chi connectivity index (χ0) is 14.4. The Kier molecular flexibility index (Phi) is 6.20. The number of methoxy groups -OCH3 is 1. The number of carbonyl (C=O) groups excluding carboxylic acids is 1. The summed E-state index contributed by atoms with van der Waals surface area (Å²) in [5.41, 5.74) is 5.74. The molecule has 1 fully saturated rings. The van der Waals surface area contributed by atoms with E-state index in [0.29, 0.717) is 6.54 Å². The van der Waals surface area contributed by atoms with Crippen LogP contribution in [-0.4, -0.2) is 67.4 Å². The average molecular weight is 274 g/mol. The molecule has 1 amide bonds. The lowest BCUT2D eigenvalue weighted by atomic mass is 10.0. The van der Waals surface area contributed by atoms with Gasteiger partial charge in [0.2, 0.25) is 5.91 Å². The Balaban J connectivity index is 2.81. The van der Waals surface area contributed by atoms with Crippen LogP contribution in [0.4, 0.5) is 0 Å². The number of rotatable bonds is 7. The third-order valence-electron chi connectivity index (χ3n) is 3.18. The molecule has 1 aliphatic heterocycles. The van der Waals surface area contributed by atoms with Crippen LogP contribution in [0.1, 0.15) is 13.3 Å². The molecule has 0 aromatic rings. The Morgan fingerprint density at radius 3 is 2.74 bits per heavy atom. The van der Waals surface area contributed by atoms with Crippen LogP contribution in [0, 0.1) is 5.92 Å². The van der Waals surface area contributed by atoms with Gasteiger partial charge in [-0.2, -0.15) is 0 Å². The molecule has 0 radical (unpaired) electrons. The van der Waals surface area contributed by atoms with Crippen molar-refractivity contribution in [2.24, 2.45) is 11.7 Å². The maximum absolute atomic E-state index is 12.3. The third kappa shape index (κ3) is 3.89. The van der Waals surface area contributed by atoms with Gasteiger partial charge in [0.1, 0.15) is 12.0 Å². The first-order chi connectivity index (χ1) is 9.02. The lowest BCUT2D eigenvalue weighted by Crippen LogP contribution is -2.53. The third-order valence-corrected chi connectivity index (χ3v) is 3.18. The second kappa shape index (κ2) is 7.42. The Labute approximate surface area is 112 Å². The Hall–Kier alpha value is -1.18. The lowest BCUT2D eigenvalue weighted by Gasteiger charge is -2.32. The molecule has 0 saturated carbocycles. The van der Waals surface area contributed by atoms with Crippen LogP contribution < -0.4 is 5.73 Å². The summed E-state index contributed by atoms with van der Waals surface area (Å²) in [4.78, 5) is 24.9. The molecule has 0 aliphatic carbocycles. The van der Waals surface area contributed by atoms with Gasteiger partial charge in [0, 0.05) is 13.7 Å². The van der Waals surface area contributed by atoms with Gasteiger partial charge in [0.15, 0.2) is 0 Å². The predicted octanol–water partition coefficient (Wildman–Crippen LogP) is -0.702. The van der Waals surface area contributed by atoms with Crippen molar-refractivity contribution in [1.29, 1.82) is 0 Å². The van der Waals surface area contributed by atoms with E-state index in [9.17, 15) is 9.59 Å². The summed E-state index contributed by atoms with van der Waals surface area (Å²) >= 11 is 0. The van der Waals surface area contributed by atoms with Gasteiger partial charge in [-0.05, 0) is 6.42 Å². The van der Waals surface area contributed by atoms with E-state index in [2.05, 4.69) is 0 Å². The second-order valence-corrected chi connectivity index (χ2v) is 4.64. The highest BCUT2D eigenvalue weighted by Gasteiger charge is 2.40. The van der Waals surface area contributed by atoms with E-state index in [0.717, 1.165) is 6.42 Å². The summed E-state index contributed by atoms with van der Waals surface area (Å²) in [6, 6.07) is -1.22. The van der Waals surface area contributed by atoms with Crippen molar-refractivity contribution >= 4 is 11.9 Å². The smallest absolute Gasteiger partial charge is 0.311 e. The van der Waals surface area contributed by atoms with Gasteiger partial charge in [-0.25, -0.2) is 0 Å². The highest BCUT2D eigenvalue weighted by molar-refractivity contribution is 5.83. The van der Waals surface area contributed by atoms with E-state index in [4.69, 9.17) is 20.3 Å². The van der Waals surface area contributed by atoms with Crippen LogP contribution in [0.15, 0.2) is 0 Å². The summed E-state index contributed by atoms with van der Waals surface area (Å²) in [6.07, 6.45) is 0.730. The quantitative estimate of drug-likeness (QED) is 0.636. The molecule has 7 nitrogen and oxygen atoms in total. The lowest BCUT2D eigenvalue weighted by molar-refractivity contribution is -0.145. The van der Waals surface area contributed by atoms with Crippen LogP contribution in [-0.2, 0) is 19.1 Å². The highest BCUT2D eigenvalue weighted by atomic mass is 16.5. The standard InChI is InChI=1S/C12H22N2O5/c1-3-4-14(11(15)9(13)6-18-2)10-7-19-5-8(10)12(16)17/h8-10H,3-7,13H2,1-2H3,(H,16,17). The highest BCUT2D eigenvalue weighted by Crippen LogP contribution is 2.21. The van der Waals surface area contributed by atoms with Crippen LogP contribution >= 0.6 is 0 Å². The number of nitrogens with zero attached hydrogens (tertiary/aromatic N) is 1. The molecule has 3 atom stereocenters. The van der Waals surface area contributed by atoms with E-state index in [-0.39, 0.29) is 25.7 Å². The molecule has 0 bridgehead atoms. The first-order valence-electron chi connectivity index (χ1n) is 6.38. The van der Waals surface area contributed by atoms with E-state index < -0.39 is 24.0 Å². The number of hydrogen-bond acceptors (Lipinski definition) is 5. The van der Waals surface area contributed by atoms with Gasteiger partial charge in [0.25, 0.3) is 0 Å². The monoisotopic (exact) mass is 274 g/mol. The molecular weight excluding hydrogens is 252 g/mol. The molecule has 1 rings (SSSR count). The summed E-state index contributed by atoms with van der Waals surface area (Å²) in [7, 11) is 1.47. The molecule has 0 aromatic heterocycles. The molecule has 3 unspecified atom stereocenters. The van der Waals surface area contributed by atoms with E-state index in [1.54, 1.807) is 0 Å². The minimum Gasteiger partial charge on any atom is -0.481 e. The van der Waals surface area contributed by atoms with Crippen LogP contribution in [0.3, 0.4) is 0 Å². The summed E-state index contributed by atoms with van der Waals surface area (Å²) in [5.74, 6) is -1.92. The topological polar surface area (TPSA) is 102 Å². The zero-order valence-corrected chi connectivity index (χ0v) is 11.4. The van der Waals surface area contributed by atoms with E-state index in [1.165, 1.54) is 12.0 Å². The van der Waals surface area contributed by atoms with Gasteiger partial charge in [0.05, 0.1) is 25.9 Å². The Bertz CT molecular complexity index is 323. The summed E-state index contributed by atoms with van der Waals surface area (Å²) < 4.78 is 10.1. The van der Waals surface area contributed by atoms with E-state index in [1.807, 2.05) is 6.92 Å². The molecule has 110 valence electrons. The molecule has 0 spiro atoms. The van der Waals surface area contributed by atoms with Crippen molar-refractivity contribution in [3.63, 3.8) is 0 Å². The number of carboxylic acids is 1. The van der Waals surface area contributed by atoms with Crippen molar-refractivity contribution in [1.82, 2.24) is 4.90 Å². The van der Waals surface area contributed by atoms with Gasteiger partial charge >= 0.3 is 5.97 Å². The molecular formula is C12H22N2O5. The molecule has 1 heterocycles. The number of carboxylic acid groups (broad SMARTS) is 1. The van der Waals surface area contributed by atoms with Crippen LogP contribution in [0.2, 0.25) is 0 Å². The molecule has 1 saturated heterocycles. The van der Waals surface area contributed by atoms with Crippen molar-refractivity contribution in [2.75, 3.05) is 33.5 Å². The first-order valence-corrected chi connectivity index (χ1v) is 6.38. The van der Waals surface area contributed by atoms with Gasteiger partial charge < -0.3 is 25.2 Å². The molecule has 1 aliphatic rings. The van der Waals surface area contributed by atoms with Crippen molar-refractivity contribution in [2.45, 2.75) is 25.4 Å².